The summed E-state index contributed by atoms with van der Waals surface area (Å²) in [5.74, 6) is -0.0393. The van der Waals surface area contributed by atoms with Crippen molar-refractivity contribution < 1.29 is 9.53 Å². The van der Waals surface area contributed by atoms with Crippen LogP contribution in [0.4, 0.5) is 0 Å². The number of thiophene rings is 1. The van der Waals surface area contributed by atoms with Gasteiger partial charge in [0.25, 0.3) is 5.56 Å². The van der Waals surface area contributed by atoms with E-state index < -0.39 is 0 Å². The summed E-state index contributed by atoms with van der Waals surface area (Å²) in [6.07, 6.45) is 1.36. The van der Waals surface area contributed by atoms with Crippen molar-refractivity contribution in [3.05, 3.63) is 53.1 Å². The fraction of sp³-hybridized carbons (Fsp3) is 0.278. The summed E-state index contributed by atoms with van der Waals surface area (Å²) < 4.78 is 7.10. The van der Waals surface area contributed by atoms with Crippen molar-refractivity contribution in [2.45, 2.75) is 12.6 Å². The number of morpholine rings is 1. The van der Waals surface area contributed by atoms with Crippen LogP contribution in [0, 0.1) is 0 Å². The Hall–Kier alpha value is -2.51. The average molecular weight is 355 g/mol. The molecule has 7 heteroatoms. The number of amides is 1. The first-order valence-corrected chi connectivity index (χ1v) is 8.83. The van der Waals surface area contributed by atoms with Crippen molar-refractivity contribution >= 4 is 27.5 Å². The maximum Gasteiger partial charge on any atom is 0.262 e. The van der Waals surface area contributed by atoms with E-state index in [0.29, 0.717) is 18.5 Å². The first-order chi connectivity index (χ1) is 12.1. The van der Waals surface area contributed by atoms with Crippen molar-refractivity contribution in [3.8, 4) is 10.4 Å². The summed E-state index contributed by atoms with van der Waals surface area (Å²) in [6.45, 7) is 0.917. The van der Waals surface area contributed by atoms with Gasteiger partial charge in [-0.3, -0.25) is 14.2 Å². The van der Waals surface area contributed by atoms with Crippen LogP contribution in [-0.4, -0.2) is 46.7 Å². The zero-order valence-electron chi connectivity index (χ0n) is 13.7. The molecule has 1 saturated heterocycles. The van der Waals surface area contributed by atoms with E-state index in [4.69, 9.17) is 4.74 Å². The summed E-state index contributed by atoms with van der Waals surface area (Å²) in [5.41, 5.74) is 0.999. The van der Waals surface area contributed by atoms with E-state index in [1.807, 2.05) is 36.4 Å². The largest absolute Gasteiger partial charge is 0.365 e. The van der Waals surface area contributed by atoms with Gasteiger partial charge >= 0.3 is 0 Å². The molecule has 3 aromatic rings. The number of hydrogen-bond donors (Lipinski definition) is 0. The molecular formula is C18H17N3O3S. The Bertz CT molecular complexity index is 980. The highest BCUT2D eigenvalue weighted by Crippen LogP contribution is 2.30. The Balaban J connectivity index is 1.64. The van der Waals surface area contributed by atoms with Crippen LogP contribution in [0.1, 0.15) is 0 Å². The van der Waals surface area contributed by atoms with E-state index in [2.05, 4.69) is 4.98 Å². The summed E-state index contributed by atoms with van der Waals surface area (Å²) in [5, 5.41) is 0.617. The van der Waals surface area contributed by atoms with Crippen LogP contribution < -0.4 is 5.56 Å². The van der Waals surface area contributed by atoms with Crippen LogP contribution in [0.3, 0.4) is 0 Å². The molecule has 1 aromatic carbocycles. The molecule has 1 unspecified atom stereocenters. The molecule has 1 aliphatic heterocycles. The number of ether oxygens (including phenoxy) is 1. The lowest BCUT2D eigenvalue weighted by Gasteiger charge is -2.30. The summed E-state index contributed by atoms with van der Waals surface area (Å²) in [6, 6.07) is 11.9. The molecule has 1 aliphatic rings. The zero-order valence-corrected chi connectivity index (χ0v) is 14.5. The fourth-order valence-electron chi connectivity index (χ4n) is 2.92. The SMILES string of the molecule is CN1CC(Cn2cnc3sc(-c4ccccc4)cc3c2=O)OCC1=O. The van der Waals surface area contributed by atoms with Crippen LogP contribution in [0.25, 0.3) is 20.7 Å². The summed E-state index contributed by atoms with van der Waals surface area (Å²) in [4.78, 5) is 32.1. The number of likely N-dealkylation sites (N-methyl/N-ethyl adjacent to an activating group) is 1. The van der Waals surface area contributed by atoms with E-state index in [9.17, 15) is 9.59 Å². The smallest absolute Gasteiger partial charge is 0.262 e. The highest BCUT2D eigenvalue weighted by molar-refractivity contribution is 7.21. The van der Waals surface area contributed by atoms with Gasteiger partial charge in [-0.25, -0.2) is 4.98 Å². The molecule has 0 spiro atoms. The molecule has 1 atom stereocenters. The van der Waals surface area contributed by atoms with Crippen LogP contribution in [0.5, 0.6) is 0 Å². The molecule has 0 saturated carbocycles. The minimum atomic E-state index is -0.202. The van der Waals surface area contributed by atoms with E-state index in [-0.39, 0.29) is 24.2 Å². The van der Waals surface area contributed by atoms with Gasteiger partial charge < -0.3 is 9.64 Å². The quantitative estimate of drug-likeness (QED) is 0.721. The van der Waals surface area contributed by atoms with Crippen molar-refractivity contribution in [1.29, 1.82) is 0 Å². The number of benzene rings is 1. The first-order valence-electron chi connectivity index (χ1n) is 8.02. The Morgan fingerprint density at radius 3 is 2.84 bits per heavy atom. The topological polar surface area (TPSA) is 64.4 Å². The zero-order chi connectivity index (χ0) is 17.4. The predicted octanol–water partition coefficient (Wildman–Crippen LogP) is 1.98. The highest BCUT2D eigenvalue weighted by Gasteiger charge is 2.24. The Kier molecular flexibility index (Phi) is 4.10. The average Bonchev–Trinajstić information content (AvgIpc) is 3.06. The van der Waals surface area contributed by atoms with Gasteiger partial charge in [-0.1, -0.05) is 30.3 Å². The van der Waals surface area contributed by atoms with E-state index in [0.717, 1.165) is 15.3 Å². The molecule has 1 amide bonds. The monoisotopic (exact) mass is 355 g/mol. The molecule has 2 aromatic heterocycles. The Morgan fingerprint density at radius 2 is 2.08 bits per heavy atom. The second-order valence-electron chi connectivity index (χ2n) is 6.10. The third-order valence-electron chi connectivity index (χ3n) is 4.32. The summed E-state index contributed by atoms with van der Waals surface area (Å²) >= 11 is 1.51. The summed E-state index contributed by atoms with van der Waals surface area (Å²) in [7, 11) is 1.74. The minimum absolute atomic E-state index is 0.0393. The number of aromatic nitrogens is 2. The maximum atomic E-state index is 12.8. The fourth-order valence-corrected chi connectivity index (χ4v) is 3.92. The highest BCUT2D eigenvalue weighted by atomic mass is 32.1. The lowest BCUT2D eigenvalue weighted by atomic mass is 10.2. The standard InChI is InChI=1S/C18H17N3O3S/c1-20-8-13(24-10-16(20)22)9-21-11-19-17-14(18(21)23)7-15(25-17)12-5-3-2-4-6-12/h2-7,11,13H,8-10H2,1H3. The van der Waals surface area contributed by atoms with Gasteiger partial charge in [-0.2, -0.15) is 0 Å². The van der Waals surface area contributed by atoms with Gasteiger partial charge in [-0.05, 0) is 11.6 Å². The lowest BCUT2D eigenvalue weighted by molar-refractivity contribution is -0.147. The maximum absolute atomic E-state index is 12.8. The van der Waals surface area contributed by atoms with E-state index >= 15 is 0 Å². The van der Waals surface area contributed by atoms with Crippen molar-refractivity contribution in [2.75, 3.05) is 20.2 Å². The number of fused-ring (bicyclic) bond motifs is 1. The van der Waals surface area contributed by atoms with Crippen LogP contribution in [0.2, 0.25) is 0 Å². The third kappa shape index (κ3) is 3.08. The Labute approximate surface area is 148 Å². The molecule has 4 rings (SSSR count). The molecular weight excluding hydrogens is 338 g/mol. The first kappa shape index (κ1) is 16.0. The van der Waals surface area contributed by atoms with Gasteiger partial charge in [-0.15, -0.1) is 11.3 Å². The predicted molar refractivity (Wildman–Crippen MR) is 96.7 cm³/mol. The van der Waals surface area contributed by atoms with Crippen LogP contribution >= 0.6 is 11.3 Å². The van der Waals surface area contributed by atoms with Crippen molar-refractivity contribution in [1.82, 2.24) is 14.5 Å². The normalized spacial score (nSPS) is 18.0. The Morgan fingerprint density at radius 1 is 1.28 bits per heavy atom. The van der Waals surface area contributed by atoms with Crippen molar-refractivity contribution in [2.24, 2.45) is 0 Å². The third-order valence-corrected chi connectivity index (χ3v) is 5.41. The lowest BCUT2D eigenvalue weighted by Crippen LogP contribution is -2.46. The molecule has 6 nitrogen and oxygen atoms in total. The molecule has 0 radical (unpaired) electrons. The van der Waals surface area contributed by atoms with E-state index in [1.165, 1.54) is 11.3 Å². The minimum Gasteiger partial charge on any atom is -0.365 e. The number of rotatable bonds is 3. The van der Waals surface area contributed by atoms with Gasteiger partial charge in [0.15, 0.2) is 0 Å². The molecule has 3 heterocycles. The number of carbonyl (C=O) groups is 1. The van der Waals surface area contributed by atoms with Gasteiger partial charge in [0.1, 0.15) is 11.4 Å². The van der Waals surface area contributed by atoms with Gasteiger partial charge in [0, 0.05) is 18.5 Å². The molecule has 0 aliphatic carbocycles. The number of hydrogen-bond acceptors (Lipinski definition) is 5. The van der Waals surface area contributed by atoms with Gasteiger partial charge in [0.2, 0.25) is 5.91 Å². The van der Waals surface area contributed by atoms with Crippen LogP contribution in [0.15, 0.2) is 47.5 Å². The van der Waals surface area contributed by atoms with Crippen molar-refractivity contribution in [3.63, 3.8) is 0 Å². The number of nitrogens with zero attached hydrogens (tertiary/aromatic N) is 3. The molecule has 0 N–H and O–H groups in total. The second-order valence-corrected chi connectivity index (χ2v) is 7.14. The number of carbonyl (C=O) groups excluding carboxylic acids is 1. The second kappa shape index (κ2) is 6.42. The molecule has 0 bridgehead atoms. The van der Waals surface area contributed by atoms with Crippen LogP contribution in [-0.2, 0) is 16.1 Å². The molecule has 25 heavy (non-hydrogen) atoms. The van der Waals surface area contributed by atoms with E-state index in [1.54, 1.807) is 22.8 Å². The molecule has 128 valence electrons. The molecule has 1 fully saturated rings. The van der Waals surface area contributed by atoms with Gasteiger partial charge in [0.05, 0.1) is 24.4 Å².